The molecular weight excluding hydrogens is 408 g/mol. The van der Waals surface area contributed by atoms with Gasteiger partial charge in [-0.1, -0.05) is 0 Å². The number of likely N-dealkylation sites (tertiary alicyclic amines) is 1. The highest BCUT2D eigenvalue weighted by molar-refractivity contribution is 5.82. The van der Waals surface area contributed by atoms with Gasteiger partial charge in [0.25, 0.3) is 5.91 Å². The van der Waals surface area contributed by atoms with Crippen LogP contribution in [0, 0.1) is 0 Å². The number of anilines is 2. The number of fused-ring (bicyclic) bond motifs is 1. The normalized spacial score (nSPS) is 16.3. The van der Waals surface area contributed by atoms with Crippen LogP contribution in [0.3, 0.4) is 0 Å². The van der Waals surface area contributed by atoms with Gasteiger partial charge in [0, 0.05) is 29.2 Å². The quantitative estimate of drug-likeness (QED) is 0.353. The molecule has 1 aliphatic rings. The van der Waals surface area contributed by atoms with Gasteiger partial charge in [-0.2, -0.15) is 10.1 Å². The molecule has 1 saturated heterocycles. The summed E-state index contributed by atoms with van der Waals surface area (Å²) in [6.07, 6.45) is 2.74. The summed E-state index contributed by atoms with van der Waals surface area (Å²) in [5.74, 6) is 1.62. The first-order valence-electron chi connectivity index (χ1n) is 10.5. The van der Waals surface area contributed by atoms with Crippen LogP contribution < -0.4 is 15.4 Å². The molecular formula is C22H24N8O2. The molecule has 0 bridgehead atoms. The van der Waals surface area contributed by atoms with Crippen LogP contribution in [0.5, 0.6) is 5.75 Å². The molecule has 2 aromatic heterocycles. The van der Waals surface area contributed by atoms with Crippen molar-refractivity contribution in [1.82, 2.24) is 35.6 Å². The van der Waals surface area contributed by atoms with Crippen LogP contribution in [-0.4, -0.2) is 69.0 Å². The molecule has 0 radical (unpaired) electrons. The van der Waals surface area contributed by atoms with Crippen molar-refractivity contribution < 1.29 is 9.53 Å². The van der Waals surface area contributed by atoms with Crippen LogP contribution in [-0.2, 0) is 4.79 Å². The highest BCUT2D eigenvalue weighted by atomic mass is 16.5. The number of hydrogen-bond donors (Lipinski definition) is 4. The first kappa shape index (κ1) is 20.0. The highest BCUT2D eigenvalue weighted by Gasteiger charge is 2.21. The Bertz CT molecular complexity index is 1220. The van der Waals surface area contributed by atoms with Gasteiger partial charge in [-0.05, 0) is 62.5 Å². The molecule has 1 atom stereocenters. The summed E-state index contributed by atoms with van der Waals surface area (Å²) in [6, 6.07) is 13.4. The molecule has 3 heterocycles. The molecule has 0 aliphatic carbocycles. The summed E-state index contributed by atoms with van der Waals surface area (Å²) in [5.41, 5.74) is 2.70. The second kappa shape index (κ2) is 8.67. The number of carbonyl (C=O) groups is 1. The van der Waals surface area contributed by atoms with Crippen LogP contribution in [0.15, 0.2) is 48.7 Å². The number of rotatable bonds is 7. The molecule has 164 valence electrons. The number of aromatic nitrogens is 5. The zero-order valence-corrected chi connectivity index (χ0v) is 17.6. The van der Waals surface area contributed by atoms with Crippen molar-refractivity contribution >= 4 is 28.4 Å². The maximum Gasteiger partial charge on any atom is 0.258 e. The summed E-state index contributed by atoms with van der Waals surface area (Å²) in [6.45, 7) is 1.88. The highest BCUT2D eigenvalue weighted by Crippen LogP contribution is 2.23. The number of nitrogens with one attached hydrogen (secondary N) is 4. The van der Waals surface area contributed by atoms with Crippen molar-refractivity contribution in [3.8, 4) is 17.1 Å². The number of hydrogen-bond acceptors (Lipinski definition) is 7. The predicted octanol–water partition coefficient (Wildman–Crippen LogP) is 2.29. The number of aromatic amines is 2. The molecule has 4 aromatic rings. The second-order valence-electron chi connectivity index (χ2n) is 7.93. The van der Waals surface area contributed by atoms with Crippen LogP contribution in [0.25, 0.3) is 22.3 Å². The fourth-order valence-electron chi connectivity index (χ4n) is 3.78. The zero-order chi connectivity index (χ0) is 21.9. The van der Waals surface area contributed by atoms with Gasteiger partial charge in [-0.3, -0.25) is 15.0 Å². The lowest BCUT2D eigenvalue weighted by molar-refractivity contribution is -0.123. The predicted molar refractivity (Wildman–Crippen MR) is 121 cm³/mol. The second-order valence-corrected chi connectivity index (χ2v) is 7.93. The maximum absolute atomic E-state index is 12.1. The monoisotopic (exact) mass is 432 g/mol. The number of benzene rings is 2. The van der Waals surface area contributed by atoms with E-state index >= 15 is 0 Å². The van der Waals surface area contributed by atoms with Crippen molar-refractivity contribution in [2.24, 2.45) is 0 Å². The van der Waals surface area contributed by atoms with Crippen LogP contribution in [0.4, 0.5) is 11.6 Å². The lowest BCUT2D eigenvalue weighted by atomic mass is 10.2. The molecule has 1 aliphatic heterocycles. The Morgan fingerprint density at radius 1 is 1.22 bits per heavy atom. The molecule has 1 fully saturated rings. The van der Waals surface area contributed by atoms with E-state index in [0.717, 1.165) is 41.7 Å². The molecule has 10 nitrogen and oxygen atoms in total. The fraction of sp³-hybridized carbons (Fsp3) is 0.273. The van der Waals surface area contributed by atoms with Crippen LogP contribution in [0.1, 0.15) is 6.42 Å². The zero-order valence-electron chi connectivity index (χ0n) is 17.6. The van der Waals surface area contributed by atoms with E-state index < -0.39 is 0 Å². The van der Waals surface area contributed by atoms with Gasteiger partial charge in [0.15, 0.2) is 12.4 Å². The topological polar surface area (TPSA) is 124 Å². The minimum atomic E-state index is -0.103. The van der Waals surface area contributed by atoms with Gasteiger partial charge < -0.3 is 20.3 Å². The lowest BCUT2D eigenvalue weighted by Gasteiger charge is -2.13. The third kappa shape index (κ3) is 4.54. The Balaban J connectivity index is 1.16. The van der Waals surface area contributed by atoms with E-state index in [1.165, 1.54) is 0 Å². The van der Waals surface area contributed by atoms with Crippen molar-refractivity contribution in [3.05, 3.63) is 48.7 Å². The Labute approximate surface area is 184 Å². The molecule has 0 spiro atoms. The van der Waals surface area contributed by atoms with Gasteiger partial charge in [-0.25, -0.2) is 0 Å². The van der Waals surface area contributed by atoms with Gasteiger partial charge in [0.1, 0.15) is 5.75 Å². The number of amides is 1. The standard InChI is InChI=1S/C22H24N8O2/c1-30-9-8-17(12-30)24-20(31)13-32-18-5-2-14(3-6-18)21-26-22(29-28-21)25-16-4-7-19-15(10-16)11-23-27-19/h2-7,10-11,17H,8-9,12-13H2,1H3,(H,23,27)(H,24,31)(H2,25,26,28,29). The Kier molecular flexibility index (Phi) is 5.42. The number of likely N-dealkylation sites (N-methyl/N-ethyl adjacent to an activating group) is 1. The van der Waals surface area contributed by atoms with Gasteiger partial charge >= 0.3 is 0 Å². The number of ether oxygens (including phenoxy) is 1. The summed E-state index contributed by atoms with van der Waals surface area (Å²) >= 11 is 0. The number of H-pyrrole nitrogens is 2. The molecule has 0 saturated carbocycles. The molecule has 2 aromatic carbocycles. The van der Waals surface area contributed by atoms with Crippen molar-refractivity contribution in [3.63, 3.8) is 0 Å². The average Bonchev–Trinajstić information content (AvgIpc) is 3.54. The molecule has 4 N–H and O–H groups in total. The SMILES string of the molecule is CN1CCC(NC(=O)COc2ccc(-c3nc(Nc4ccc5[nH]ncc5c4)n[nH]3)cc2)C1. The lowest BCUT2D eigenvalue weighted by Crippen LogP contribution is -2.39. The summed E-state index contributed by atoms with van der Waals surface area (Å²) < 4.78 is 5.62. The Morgan fingerprint density at radius 3 is 2.91 bits per heavy atom. The van der Waals surface area contributed by atoms with E-state index in [2.05, 4.69) is 48.0 Å². The van der Waals surface area contributed by atoms with Crippen molar-refractivity contribution in [1.29, 1.82) is 0 Å². The Hall–Kier alpha value is -3.92. The third-order valence-corrected chi connectivity index (χ3v) is 5.44. The number of carbonyl (C=O) groups excluding carboxylic acids is 1. The van der Waals surface area contributed by atoms with Crippen molar-refractivity contribution in [2.75, 3.05) is 32.1 Å². The molecule has 32 heavy (non-hydrogen) atoms. The smallest absolute Gasteiger partial charge is 0.258 e. The summed E-state index contributed by atoms with van der Waals surface area (Å²) in [5, 5.41) is 21.3. The molecule has 1 amide bonds. The maximum atomic E-state index is 12.1. The van der Waals surface area contributed by atoms with E-state index in [0.29, 0.717) is 17.5 Å². The Morgan fingerprint density at radius 2 is 2.09 bits per heavy atom. The van der Waals surface area contributed by atoms with E-state index in [1.807, 2.05) is 42.5 Å². The minimum absolute atomic E-state index is 0.00303. The minimum Gasteiger partial charge on any atom is -0.484 e. The number of nitrogens with zero attached hydrogens (tertiary/aromatic N) is 4. The first-order chi connectivity index (χ1) is 15.6. The van der Waals surface area contributed by atoms with E-state index in [9.17, 15) is 4.79 Å². The van der Waals surface area contributed by atoms with Gasteiger partial charge in [0.05, 0.1) is 11.7 Å². The van der Waals surface area contributed by atoms with Crippen LogP contribution in [0.2, 0.25) is 0 Å². The summed E-state index contributed by atoms with van der Waals surface area (Å²) in [4.78, 5) is 18.8. The van der Waals surface area contributed by atoms with Crippen molar-refractivity contribution in [2.45, 2.75) is 12.5 Å². The van der Waals surface area contributed by atoms with E-state index in [1.54, 1.807) is 6.20 Å². The summed E-state index contributed by atoms with van der Waals surface area (Å²) in [7, 11) is 2.05. The average molecular weight is 432 g/mol. The van der Waals surface area contributed by atoms with E-state index in [-0.39, 0.29) is 18.6 Å². The molecule has 5 rings (SSSR count). The molecule has 10 heteroatoms. The van der Waals surface area contributed by atoms with Gasteiger partial charge in [0.2, 0.25) is 5.95 Å². The van der Waals surface area contributed by atoms with E-state index in [4.69, 9.17) is 4.74 Å². The molecule has 1 unspecified atom stereocenters. The largest absolute Gasteiger partial charge is 0.484 e. The fourth-order valence-corrected chi connectivity index (χ4v) is 3.78. The van der Waals surface area contributed by atoms with Crippen LogP contribution >= 0.6 is 0 Å². The third-order valence-electron chi connectivity index (χ3n) is 5.44. The first-order valence-corrected chi connectivity index (χ1v) is 10.5. The van der Waals surface area contributed by atoms with Gasteiger partial charge in [-0.15, -0.1) is 5.10 Å².